The monoisotopic (exact) mass is 207 g/mol. The van der Waals surface area contributed by atoms with E-state index in [9.17, 15) is 4.79 Å². The number of ether oxygens (including phenoxy) is 1. The van der Waals surface area contributed by atoms with E-state index in [0.717, 1.165) is 12.8 Å². The lowest BCUT2D eigenvalue weighted by Crippen LogP contribution is -2.29. The molecule has 15 heavy (non-hydrogen) atoms. The number of nitriles is 1. The van der Waals surface area contributed by atoms with E-state index < -0.39 is 0 Å². The number of nitrogens with zero attached hydrogens (tertiary/aromatic N) is 1. The number of carbonyl (C=O) groups excluding carboxylic acids is 1. The minimum absolute atomic E-state index is 0.0105. The van der Waals surface area contributed by atoms with Crippen LogP contribution in [0.15, 0.2) is 12.2 Å². The summed E-state index contributed by atoms with van der Waals surface area (Å²) in [6, 6.07) is 1.98. The van der Waals surface area contributed by atoms with Gasteiger partial charge in [-0.3, -0.25) is 4.79 Å². The van der Waals surface area contributed by atoms with E-state index in [1.165, 1.54) is 0 Å². The summed E-state index contributed by atoms with van der Waals surface area (Å²) in [4.78, 5) is 11.5. The number of esters is 1. The highest BCUT2D eigenvalue weighted by atomic mass is 16.5. The molecule has 0 aromatic carbocycles. The Balaban J connectivity index is 2.44. The van der Waals surface area contributed by atoms with Crippen molar-refractivity contribution in [1.29, 1.82) is 5.26 Å². The number of hydrogen-bond donors (Lipinski definition) is 0. The zero-order valence-electron chi connectivity index (χ0n) is 9.27. The van der Waals surface area contributed by atoms with Gasteiger partial charge in [0.2, 0.25) is 0 Å². The Morgan fingerprint density at radius 1 is 1.60 bits per heavy atom. The van der Waals surface area contributed by atoms with Crippen LogP contribution in [0.25, 0.3) is 0 Å². The molecule has 3 unspecified atom stereocenters. The summed E-state index contributed by atoms with van der Waals surface area (Å²) in [5.41, 5.74) is 0. The molecular weight excluding hydrogens is 190 g/mol. The van der Waals surface area contributed by atoms with Crippen LogP contribution in [0.3, 0.4) is 0 Å². The summed E-state index contributed by atoms with van der Waals surface area (Å²) in [5, 5.41) is 8.47. The van der Waals surface area contributed by atoms with E-state index in [1.54, 1.807) is 6.92 Å². The van der Waals surface area contributed by atoms with Crippen LogP contribution in [0.1, 0.15) is 33.1 Å². The van der Waals surface area contributed by atoms with E-state index >= 15 is 0 Å². The fraction of sp³-hybridized carbons (Fsp3) is 0.667. The van der Waals surface area contributed by atoms with Crippen LogP contribution in [0.5, 0.6) is 0 Å². The highest BCUT2D eigenvalue weighted by molar-refractivity contribution is 5.72. The summed E-state index contributed by atoms with van der Waals surface area (Å²) < 4.78 is 5.38. The first kappa shape index (κ1) is 11.8. The van der Waals surface area contributed by atoms with Crippen molar-refractivity contribution in [1.82, 2.24) is 0 Å². The van der Waals surface area contributed by atoms with Crippen LogP contribution in [0, 0.1) is 23.2 Å². The molecule has 0 saturated heterocycles. The van der Waals surface area contributed by atoms with E-state index in [2.05, 4.69) is 13.0 Å². The average molecular weight is 207 g/mol. The molecule has 0 saturated carbocycles. The van der Waals surface area contributed by atoms with Crippen LogP contribution in [0.4, 0.5) is 0 Å². The second kappa shape index (κ2) is 5.55. The van der Waals surface area contributed by atoms with Gasteiger partial charge in [0, 0.05) is 12.8 Å². The summed E-state index contributed by atoms with van der Waals surface area (Å²) in [5.74, 6) is -0.176. The first-order valence-corrected chi connectivity index (χ1v) is 5.37. The van der Waals surface area contributed by atoms with E-state index in [1.807, 2.05) is 12.1 Å². The molecule has 0 aromatic heterocycles. The standard InChI is InChI=1S/C12H17NO2/c1-9-5-3-4-6-11(9)15-12(14)10(2)7-8-13/h3-4,9-11H,5-7H2,1-2H3. The van der Waals surface area contributed by atoms with Gasteiger partial charge in [-0.2, -0.15) is 5.26 Å². The van der Waals surface area contributed by atoms with Crippen LogP contribution < -0.4 is 0 Å². The predicted molar refractivity (Wildman–Crippen MR) is 56.8 cm³/mol. The molecule has 0 fully saturated rings. The van der Waals surface area contributed by atoms with Crippen molar-refractivity contribution in [2.24, 2.45) is 11.8 Å². The zero-order valence-corrected chi connectivity index (χ0v) is 9.27. The Labute approximate surface area is 90.7 Å². The fourth-order valence-electron chi connectivity index (χ4n) is 1.58. The third-order valence-corrected chi connectivity index (χ3v) is 2.74. The molecule has 0 heterocycles. The lowest BCUT2D eigenvalue weighted by molar-refractivity contribution is -0.155. The van der Waals surface area contributed by atoms with E-state index in [0.29, 0.717) is 5.92 Å². The van der Waals surface area contributed by atoms with Crippen molar-refractivity contribution in [3.05, 3.63) is 12.2 Å². The minimum atomic E-state index is -0.312. The molecule has 0 radical (unpaired) electrons. The molecule has 3 atom stereocenters. The van der Waals surface area contributed by atoms with Crippen LogP contribution in [0.2, 0.25) is 0 Å². The van der Waals surface area contributed by atoms with Crippen molar-refractivity contribution in [3.8, 4) is 6.07 Å². The van der Waals surface area contributed by atoms with Crippen LogP contribution in [-0.2, 0) is 9.53 Å². The van der Waals surface area contributed by atoms with Crippen LogP contribution >= 0.6 is 0 Å². The minimum Gasteiger partial charge on any atom is -0.462 e. The van der Waals surface area contributed by atoms with E-state index in [-0.39, 0.29) is 24.4 Å². The molecule has 0 N–H and O–H groups in total. The van der Waals surface area contributed by atoms with Gasteiger partial charge in [0.1, 0.15) is 6.10 Å². The number of carbonyl (C=O) groups is 1. The van der Waals surface area contributed by atoms with Gasteiger partial charge in [-0.25, -0.2) is 0 Å². The Hall–Kier alpha value is -1.30. The Morgan fingerprint density at radius 3 is 2.87 bits per heavy atom. The van der Waals surface area contributed by atoms with Crippen LogP contribution in [-0.4, -0.2) is 12.1 Å². The smallest absolute Gasteiger partial charge is 0.309 e. The summed E-state index contributed by atoms with van der Waals surface area (Å²) in [6.45, 7) is 3.81. The molecule has 0 aromatic rings. The van der Waals surface area contributed by atoms with Gasteiger partial charge in [-0.15, -0.1) is 0 Å². The molecule has 3 nitrogen and oxygen atoms in total. The highest BCUT2D eigenvalue weighted by Crippen LogP contribution is 2.22. The topological polar surface area (TPSA) is 50.1 Å². The van der Waals surface area contributed by atoms with Gasteiger partial charge in [0.15, 0.2) is 0 Å². The number of allylic oxidation sites excluding steroid dienone is 1. The summed E-state index contributed by atoms with van der Waals surface area (Å²) >= 11 is 0. The van der Waals surface area contributed by atoms with Crippen molar-refractivity contribution in [2.45, 2.75) is 39.2 Å². The van der Waals surface area contributed by atoms with Gasteiger partial charge >= 0.3 is 5.97 Å². The number of rotatable bonds is 3. The maximum atomic E-state index is 11.5. The molecule has 0 bridgehead atoms. The molecule has 0 aliphatic heterocycles. The van der Waals surface area contributed by atoms with Gasteiger partial charge in [0.25, 0.3) is 0 Å². The van der Waals surface area contributed by atoms with Gasteiger partial charge < -0.3 is 4.74 Å². The Bertz CT molecular complexity index is 290. The molecule has 1 rings (SSSR count). The second-order valence-corrected chi connectivity index (χ2v) is 4.16. The molecular formula is C12H17NO2. The SMILES string of the molecule is CC(CC#N)C(=O)OC1CC=CCC1C. The molecule has 0 spiro atoms. The van der Waals surface area contributed by atoms with Crippen molar-refractivity contribution in [2.75, 3.05) is 0 Å². The first-order valence-electron chi connectivity index (χ1n) is 5.37. The molecule has 1 aliphatic carbocycles. The van der Waals surface area contributed by atoms with Crippen molar-refractivity contribution in [3.63, 3.8) is 0 Å². The first-order chi connectivity index (χ1) is 7.15. The average Bonchev–Trinajstić information content (AvgIpc) is 2.21. The molecule has 3 heteroatoms. The summed E-state index contributed by atoms with van der Waals surface area (Å²) in [6.07, 6.45) is 6.15. The van der Waals surface area contributed by atoms with E-state index in [4.69, 9.17) is 10.00 Å². The fourth-order valence-corrected chi connectivity index (χ4v) is 1.58. The predicted octanol–water partition coefficient (Wildman–Crippen LogP) is 2.43. The van der Waals surface area contributed by atoms with Crippen molar-refractivity contribution >= 4 is 5.97 Å². The maximum Gasteiger partial charge on any atom is 0.309 e. The highest BCUT2D eigenvalue weighted by Gasteiger charge is 2.24. The van der Waals surface area contributed by atoms with Gasteiger partial charge in [0.05, 0.1) is 12.0 Å². The molecule has 1 aliphatic rings. The second-order valence-electron chi connectivity index (χ2n) is 4.16. The summed E-state index contributed by atoms with van der Waals surface area (Å²) in [7, 11) is 0. The lowest BCUT2D eigenvalue weighted by atomic mass is 9.93. The maximum absolute atomic E-state index is 11.5. The quantitative estimate of drug-likeness (QED) is 0.527. The molecule has 0 amide bonds. The lowest BCUT2D eigenvalue weighted by Gasteiger charge is -2.26. The van der Waals surface area contributed by atoms with Gasteiger partial charge in [-0.05, 0) is 12.3 Å². The Kier molecular flexibility index (Phi) is 4.36. The number of hydrogen-bond acceptors (Lipinski definition) is 3. The third-order valence-electron chi connectivity index (χ3n) is 2.74. The largest absolute Gasteiger partial charge is 0.462 e. The Morgan fingerprint density at radius 2 is 2.27 bits per heavy atom. The van der Waals surface area contributed by atoms with Crippen molar-refractivity contribution < 1.29 is 9.53 Å². The normalized spacial score (nSPS) is 26.7. The molecule has 82 valence electrons. The van der Waals surface area contributed by atoms with Gasteiger partial charge in [-0.1, -0.05) is 26.0 Å². The third kappa shape index (κ3) is 3.39. The zero-order chi connectivity index (χ0) is 11.3.